The van der Waals surface area contributed by atoms with Crippen LogP contribution in [-0.4, -0.2) is 18.2 Å². The van der Waals surface area contributed by atoms with Crippen LogP contribution < -0.4 is 10.7 Å². The molecular weight excluding hydrogens is 358 g/mol. The summed E-state index contributed by atoms with van der Waals surface area (Å²) in [5.41, 5.74) is 5.48. The molecule has 0 aliphatic heterocycles. The molecular formula is C22H22ClN3O. The average Bonchev–Trinajstić information content (AvgIpc) is 2.67. The summed E-state index contributed by atoms with van der Waals surface area (Å²) in [4.78, 5) is 12.5. The van der Waals surface area contributed by atoms with Crippen LogP contribution in [0.5, 0.6) is 0 Å². The first kappa shape index (κ1) is 18.9. The number of amides is 1. The minimum atomic E-state index is -0.380. The first-order valence-corrected chi connectivity index (χ1v) is 9.29. The van der Waals surface area contributed by atoms with Crippen molar-refractivity contribution in [1.82, 2.24) is 5.43 Å². The number of anilines is 1. The Bertz CT molecular complexity index is 979. The first-order chi connectivity index (χ1) is 13.1. The second-order valence-electron chi connectivity index (χ2n) is 6.37. The van der Waals surface area contributed by atoms with Gasteiger partial charge in [0.1, 0.15) is 6.04 Å². The van der Waals surface area contributed by atoms with Crippen LogP contribution in [0.1, 0.15) is 24.5 Å². The number of hydrogen-bond donors (Lipinski definition) is 2. The van der Waals surface area contributed by atoms with Gasteiger partial charge in [-0.2, -0.15) is 5.10 Å². The number of fused-ring (bicyclic) bond motifs is 1. The zero-order valence-electron chi connectivity index (χ0n) is 15.4. The van der Waals surface area contributed by atoms with E-state index in [0.29, 0.717) is 11.4 Å². The number of hydrazone groups is 1. The second-order valence-corrected chi connectivity index (χ2v) is 6.80. The molecule has 4 nitrogen and oxygen atoms in total. The molecule has 0 fully saturated rings. The molecule has 2 N–H and O–H groups in total. The lowest BCUT2D eigenvalue weighted by molar-refractivity contribution is -0.121. The third kappa shape index (κ3) is 4.66. The predicted molar refractivity (Wildman–Crippen MR) is 114 cm³/mol. The van der Waals surface area contributed by atoms with Crippen molar-refractivity contribution in [2.45, 2.75) is 26.3 Å². The lowest BCUT2D eigenvalue weighted by Gasteiger charge is -2.18. The topological polar surface area (TPSA) is 53.5 Å². The fourth-order valence-electron chi connectivity index (χ4n) is 2.94. The van der Waals surface area contributed by atoms with Gasteiger partial charge in [-0.05, 0) is 47.9 Å². The van der Waals surface area contributed by atoms with Crippen LogP contribution >= 0.6 is 11.6 Å². The van der Waals surface area contributed by atoms with E-state index in [1.165, 1.54) is 0 Å². The minimum absolute atomic E-state index is 0.177. The van der Waals surface area contributed by atoms with Gasteiger partial charge in [-0.1, -0.05) is 61.0 Å². The van der Waals surface area contributed by atoms with E-state index in [0.717, 1.165) is 27.6 Å². The highest BCUT2D eigenvalue weighted by Gasteiger charge is 2.16. The molecule has 1 amide bonds. The highest BCUT2D eigenvalue weighted by molar-refractivity contribution is 6.30. The number of benzene rings is 3. The molecule has 27 heavy (non-hydrogen) atoms. The summed E-state index contributed by atoms with van der Waals surface area (Å²) < 4.78 is 0. The SMILES string of the molecule is CCC(Nc1ccc(Cl)cc1C)C(=O)N/N=C/c1cccc2ccccc12. The maximum absolute atomic E-state index is 12.5. The standard InChI is InChI=1S/C22H22ClN3O/c1-3-20(25-21-12-11-18(23)13-15(21)2)22(27)26-24-14-17-9-6-8-16-7-4-5-10-19(16)17/h4-14,20,25H,3H2,1-2H3,(H,26,27)/b24-14+. The van der Waals surface area contributed by atoms with E-state index in [9.17, 15) is 4.79 Å². The number of carbonyl (C=O) groups is 1. The van der Waals surface area contributed by atoms with Crippen LogP contribution in [0.3, 0.4) is 0 Å². The molecule has 5 heteroatoms. The highest BCUT2D eigenvalue weighted by atomic mass is 35.5. The van der Waals surface area contributed by atoms with E-state index in [4.69, 9.17) is 11.6 Å². The van der Waals surface area contributed by atoms with Gasteiger partial charge in [0.15, 0.2) is 0 Å². The van der Waals surface area contributed by atoms with E-state index in [-0.39, 0.29) is 11.9 Å². The van der Waals surface area contributed by atoms with Crippen molar-refractivity contribution in [2.75, 3.05) is 5.32 Å². The van der Waals surface area contributed by atoms with Gasteiger partial charge in [0.05, 0.1) is 6.21 Å². The lowest BCUT2D eigenvalue weighted by atomic mass is 10.1. The van der Waals surface area contributed by atoms with Crippen molar-refractivity contribution >= 4 is 40.2 Å². The van der Waals surface area contributed by atoms with Crippen molar-refractivity contribution in [3.63, 3.8) is 0 Å². The smallest absolute Gasteiger partial charge is 0.262 e. The van der Waals surface area contributed by atoms with Crippen LogP contribution in [0.25, 0.3) is 10.8 Å². The van der Waals surface area contributed by atoms with Crippen LogP contribution in [0, 0.1) is 6.92 Å². The molecule has 1 atom stereocenters. The number of nitrogens with one attached hydrogen (secondary N) is 2. The van der Waals surface area contributed by atoms with E-state index in [1.807, 2.05) is 56.3 Å². The number of rotatable bonds is 6. The molecule has 0 saturated carbocycles. The molecule has 0 saturated heterocycles. The summed E-state index contributed by atoms with van der Waals surface area (Å²) in [7, 11) is 0. The maximum atomic E-state index is 12.5. The zero-order chi connectivity index (χ0) is 19.2. The quantitative estimate of drug-likeness (QED) is 0.460. The summed E-state index contributed by atoms with van der Waals surface area (Å²) >= 11 is 5.99. The normalized spacial score (nSPS) is 12.3. The van der Waals surface area contributed by atoms with Gasteiger partial charge in [-0.15, -0.1) is 0 Å². The van der Waals surface area contributed by atoms with Crippen LogP contribution in [0.2, 0.25) is 5.02 Å². The van der Waals surface area contributed by atoms with Crippen molar-refractivity contribution in [3.05, 3.63) is 76.8 Å². The summed E-state index contributed by atoms with van der Waals surface area (Å²) in [6.45, 7) is 3.91. The van der Waals surface area contributed by atoms with Crippen molar-refractivity contribution < 1.29 is 4.79 Å². The summed E-state index contributed by atoms with van der Waals surface area (Å²) in [5.74, 6) is -0.177. The Kier molecular flexibility index (Phi) is 6.09. The van der Waals surface area contributed by atoms with E-state index >= 15 is 0 Å². The van der Waals surface area contributed by atoms with Gasteiger partial charge in [-0.25, -0.2) is 5.43 Å². The van der Waals surface area contributed by atoms with Crippen molar-refractivity contribution in [2.24, 2.45) is 5.10 Å². The Labute approximate surface area is 164 Å². The number of carbonyl (C=O) groups excluding carboxylic acids is 1. The Balaban J connectivity index is 1.68. The third-order valence-corrected chi connectivity index (χ3v) is 4.68. The monoisotopic (exact) mass is 379 g/mol. The second kappa shape index (κ2) is 8.69. The Morgan fingerprint density at radius 3 is 2.70 bits per heavy atom. The van der Waals surface area contributed by atoms with Gasteiger partial charge in [-0.3, -0.25) is 4.79 Å². The predicted octanol–water partition coefficient (Wildman–Crippen LogP) is 5.14. The lowest BCUT2D eigenvalue weighted by Crippen LogP contribution is -2.37. The largest absolute Gasteiger partial charge is 0.373 e. The fraction of sp³-hybridized carbons (Fsp3) is 0.182. The maximum Gasteiger partial charge on any atom is 0.262 e. The number of aryl methyl sites for hydroxylation is 1. The summed E-state index contributed by atoms with van der Waals surface area (Å²) in [6.07, 6.45) is 2.32. The number of hydrogen-bond acceptors (Lipinski definition) is 3. The number of nitrogens with zero attached hydrogens (tertiary/aromatic N) is 1. The third-order valence-electron chi connectivity index (χ3n) is 4.44. The van der Waals surface area contributed by atoms with Gasteiger partial charge < -0.3 is 5.32 Å². The Morgan fingerprint density at radius 2 is 1.93 bits per heavy atom. The van der Waals surface area contributed by atoms with Crippen LogP contribution in [0.15, 0.2) is 65.8 Å². The fourth-order valence-corrected chi connectivity index (χ4v) is 3.16. The molecule has 0 heterocycles. The molecule has 138 valence electrons. The molecule has 0 aliphatic rings. The molecule has 3 rings (SSSR count). The van der Waals surface area contributed by atoms with Crippen molar-refractivity contribution in [3.8, 4) is 0 Å². The molecule has 0 bridgehead atoms. The average molecular weight is 380 g/mol. The molecule has 1 unspecified atom stereocenters. The summed E-state index contributed by atoms with van der Waals surface area (Å²) in [5, 5.41) is 10.3. The number of halogens is 1. The Morgan fingerprint density at radius 1 is 1.15 bits per heavy atom. The zero-order valence-corrected chi connectivity index (χ0v) is 16.1. The van der Waals surface area contributed by atoms with E-state index < -0.39 is 0 Å². The molecule has 0 radical (unpaired) electrons. The molecule has 3 aromatic carbocycles. The van der Waals surface area contributed by atoms with Gasteiger partial charge in [0.2, 0.25) is 0 Å². The van der Waals surface area contributed by atoms with Gasteiger partial charge in [0, 0.05) is 16.3 Å². The minimum Gasteiger partial charge on any atom is -0.373 e. The van der Waals surface area contributed by atoms with E-state index in [2.05, 4.69) is 28.0 Å². The molecule has 0 aliphatic carbocycles. The van der Waals surface area contributed by atoms with E-state index in [1.54, 1.807) is 12.3 Å². The van der Waals surface area contributed by atoms with Crippen LogP contribution in [-0.2, 0) is 4.79 Å². The molecule has 0 spiro atoms. The molecule has 0 aromatic heterocycles. The van der Waals surface area contributed by atoms with Crippen molar-refractivity contribution in [1.29, 1.82) is 0 Å². The van der Waals surface area contributed by atoms with Gasteiger partial charge in [0.25, 0.3) is 5.91 Å². The Hall–Kier alpha value is -2.85. The van der Waals surface area contributed by atoms with Crippen LogP contribution in [0.4, 0.5) is 5.69 Å². The summed E-state index contributed by atoms with van der Waals surface area (Å²) in [6, 6.07) is 19.3. The first-order valence-electron chi connectivity index (χ1n) is 8.92. The highest BCUT2D eigenvalue weighted by Crippen LogP contribution is 2.21. The van der Waals surface area contributed by atoms with Gasteiger partial charge >= 0.3 is 0 Å². The molecule has 3 aromatic rings.